The van der Waals surface area contributed by atoms with Crippen molar-refractivity contribution in [3.8, 4) is 0 Å². The van der Waals surface area contributed by atoms with Gasteiger partial charge in [0.1, 0.15) is 6.04 Å². The summed E-state index contributed by atoms with van der Waals surface area (Å²) in [4.78, 5) is 15.0. The second kappa shape index (κ2) is 10.3. The Balaban J connectivity index is 1.29. The van der Waals surface area contributed by atoms with Crippen molar-refractivity contribution in [1.29, 1.82) is 0 Å². The quantitative estimate of drug-likeness (QED) is 0.425. The third-order valence-electron chi connectivity index (χ3n) is 13.3. The number of aliphatic hydroxyl groups excluding tert-OH is 1. The zero-order chi connectivity index (χ0) is 26.7. The lowest BCUT2D eigenvalue weighted by Crippen LogP contribution is -2.61. The smallest absolute Gasteiger partial charge is 0.303 e. The number of fused-ring (bicyclic) bond motifs is 5. The average Bonchev–Trinajstić information content (AvgIpc) is 3.02. The van der Waals surface area contributed by atoms with Gasteiger partial charge in [0.2, 0.25) is 0 Å². The molecule has 2 heterocycles. The first-order valence-electron chi connectivity index (χ1n) is 16.2. The Morgan fingerprint density at radius 3 is 2.37 bits per heavy atom. The van der Waals surface area contributed by atoms with Crippen LogP contribution < -0.4 is 0 Å². The molecule has 0 amide bonds. The summed E-state index contributed by atoms with van der Waals surface area (Å²) in [5.41, 5.74) is 0.384. The highest BCUT2D eigenvalue weighted by Crippen LogP contribution is 2.67. The average molecular weight is 532 g/mol. The van der Waals surface area contributed by atoms with E-state index in [1.54, 1.807) is 6.92 Å². The van der Waals surface area contributed by atoms with Crippen molar-refractivity contribution in [2.45, 2.75) is 116 Å². The molecule has 3 unspecified atom stereocenters. The van der Waals surface area contributed by atoms with Crippen molar-refractivity contribution in [3.63, 3.8) is 0 Å². The molecule has 4 aliphatic carbocycles. The van der Waals surface area contributed by atoms with E-state index in [2.05, 4.69) is 25.8 Å². The van der Waals surface area contributed by atoms with Gasteiger partial charge < -0.3 is 19.1 Å². The molecule has 38 heavy (non-hydrogen) atoms. The molecular formula is C32H55N2O4+. The fourth-order valence-corrected chi connectivity index (χ4v) is 11.2. The van der Waals surface area contributed by atoms with Crippen LogP contribution in [0.2, 0.25) is 0 Å². The minimum atomic E-state index is -0.201. The molecule has 0 aromatic carbocycles. The zero-order valence-corrected chi connectivity index (χ0v) is 24.7. The lowest BCUT2D eigenvalue weighted by atomic mass is 9.44. The number of carbonyl (C=O) groups is 1. The largest absolute Gasteiger partial charge is 0.456 e. The molecule has 6 aliphatic rings. The molecule has 0 aromatic rings. The van der Waals surface area contributed by atoms with Crippen LogP contribution in [-0.4, -0.2) is 91.2 Å². The molecule has 4 saturated carbocycles. The van der Waals surface area contributed by atoms with E-state index in [4.69, 9.17) is 9.47 Å². The van der Waals surface area contributed by atoms with Crippen LogP contribution in [-0.2, 0) is 14.3 Å². The van der Waals surface area contributed by atoms with Crippen LogP contribution >= 0.6 is 0 Å². The molecule has 2 saturated heterocycles. The number of ether oxygens (including phenoxy) is 2. The van der Waals surface area contributed by atoms with Gasteiger partial charge >= 0.3 is 5.97 Å². The van der Waals surface area contributed by atoms with Gasteiger partial charge in [0.05, 0.1) is 39.5 Å². The molecule has 6 heteroatoms. The van der Waals surface area contributed by atoms with Crippen LogP contribution in [0.4, 0.5) is 0 Å². The van der Waals surface area contributed by atoms with E-state index in [1.807, 2.05) is 0 Å². The van der Waals surface area contributed by atoms with Gasteiger partial charge in [-0.15, -0.1) is 0 Å². The summed E-state index contributed by atoms with van der Waals surface area (Å²) in [7, 11) is 2.48. The van der Waals surface area contributed by atoms with E-state index in [-0.39, 0.29) is 29.6 Å². The van der Waals surface area contributed by atoms with Gasteiger partial charge in [-0.05, 0) is 93.3 Å². The van der Waals surface area contributed by atoms with Crippen molar-refractivity contribution in [2.24, 2.45) is 34.5 Å². The van der Waals surface area contributed by atoms with Crippen molar-refractivity contribution in [3.05, 3.63) is 0 Å². The number of hydrogen-bond donors (Lipinski definition) is 1. The van der Waals surface area contributed by atoms with Gasteiger partial charge in [-0.1, -0.05) is 13.8 Å². The predicted octanol–water partition coefficient (Wildman–Crippen LogP) is 4.63. The fourth-order valence-electron chi connectivity index (χ4n) is 11.2. The van der Waals surface area contributed by atoms with Gasteiger partial charge in [-0.3, -0.25) is 9.69 Å². The topological polar surface area (TPSA) is 59.0 Å². The molecule has 216 valence electrons. The van der Waals surface area contributed by atoms with Crippen molar-refractivity contribution < 1.29 is 23.9 Å². The Morgan fingerprint density at radius 1 is 0.974 bits per heavy atom. The van der Waals surface area contributed by atoms with Crippen LogP contribution in [0.5, 0.6) is 0 Å². The second-order valence-electron chi connectivity index (χ2n) is 15.1. The molecule has 6 fully saturated rings. The maximum atomic E-state index is 12.5. The number of nitrogens with zero attached hydrogens (tertiary/aromatic N) is 2. The summed E-state index contributed by atoms with van der Waals surface area (Å²) in [6.45, 7) is 12.7. The monoisotopic (exact) mass is 531 g/mol. The maximum absolute atomic E-state index is 12.5. The maximum Gasteiger partial charge on any atom is 0.303 e. The summed E-state index contributed by atoms with van der Waals surface area (Å²) in [5.74, 6) is 2.63. The molecule has 0 aromatic heterocycles. The van der Waals surface area contributed by atoms with Crippen molar-refractivity contribution in [2.75, 3.05) is 46.4 Å². The highest BCUT2D eigenvalue weighted by atomic mass is 16.5. The van der Waals surface area contributed by atoms with E-state index in [1.165, 1.54) is 70.9 Å². The number of aliphatic hydroxyl groups is 1. The van der Waals surface area contributed by atoms with Crippen LogP contribution in [0.1, 0.15) is 91.4 Å². The first kappa shape index (κ1) is 27.5. The summed E-state index contributed by atoms with van der Waals surface area (Å²) in [5, 5.41) is 11.3. The number of hydrogen-bond acceptors (Lipinski definition) is 5. The minimum absolute atomic E-state index is 0.0499. The minimum Gasteiger partial charge on any atom is -0.456 e. The van der Waals surface area contributed by atoms with E-state index < -0.39 is 0 Å². The standard InChI is InChI=1S/C32H55N2O4/c1-22(35)38-30-28(34(4)15-7-5-6-8-16-34)20-26-24-10-9-23-19-29(36)27(33-13-17-37-18-14-33)21-32(23,3)25(24)11-12-31(26,30)2/h23-30,36H,5-21H2,1-4H3/q+1/t23-,24?,25?,26?,27-,28-,29-,30-,31-,32-/m0/s1. The van der Waals surface area contributed by atoms with Crippen molar-refractivity contribution in [1.82, 2.24) is 4.90 Å². The number of morpholine rings is 1. The molecular weight excluding hydrogens is 476 g/mol. The Morgan fingerprint density at radius 2 is 1.68 bits per heavy atom. The highest BCUT2D eigenvalue weighted by Gasteiger charge is 2.67. The first-order chi connectivity index (χ1) is 18.2. The van der Waals surface area contributed by atoms with Gasteiger partial charge in [-0.2, -0.15) is 0 Å². The summed E-state index contributed by atoms with van der Waals surface area (Å²) in [6.07, 6.45) is 13.5. The summed E-state index contributed by atoms with van der Waals surface area (Å²) < 4.78 is 13.1. The molecule has 6 nitrogen and oxygen atoms in total. The fraction of sp³-hybridized carbons (Fsp3) is 0.969. The first-order valence-corrected chi connectivity index (χ1v) is 16.2. The lowest BCUT2D eigenvalue weighted by molar-refractivity contribution is -0.935. The highest BCUT2D eigenvalue weighted by molar-refractivity contribution is 5.66. The van der Waals surface area contributed by atoms with Gasteiger partial charge in [0.25, 0.3) is 0 Å². The third kappa shape index (κ3) is 4.48. The molecule has 10 atom stereocenters. The zero-order valence-electron chi connectivity index (χ0n) is 24.7. The molecule has 0 radical (unpaired) electrons. The number of quaternary nitrogens is 1. The van der Waals surface area contributed by atoms with Crippen LogP contribution in [0.15, 0.2) is 0 Å². The summed E-state index contributed by atoms with van der Waals surface area (Å²) in [6, 6.07) is 0.712. The van der Waals surface area contributed by atoms with Gasteiger partial charge in [0, 0.05) is 37.9 Å². The molecule has 0 bridgehead atoms. The number of rotatable bonds is 3. The van der Waals surface area contributed by atoms with Crippen LogP contribution in [0.3, 0.4) is 0 Å². The number of carbonyl (C=O) groups excluding carboxylic acids is 1. The number of likely N-dealkylation sites (tertiary alicyclic amines) is 1. The third-order valence-corrected chi connectivity index (χ3v) is 13.3. The Hall–Kier alpha value is -0.690. The molecule has 1 N–H and O–H groups in total. The van der Waals surface area contributed by atoms with E-state index in [0.717, 1.165) is 55.5 Å². The Labute approximate surface area is 231 Å². The summed E-state index contributed by atoms with van der Waals surface area (Å²) >= 11 is 0. The molecule has 0 spiro atoms. The van der Waals surface area contributed by atoms with Crippen LogP contribution in [0.25, 0.3) is 0 Å². The second-order valence-corrected chi connectivity index (χ2v) is 15.1. The Kier molecular flexibility index (Phi) is 7.45. The predicted molar refractivity (Wildman–Crippen MR) is 148 cm³/mol. The lowest BCUT2D eigenvalue weighted by Gasteiger charge is -2.62. The van der Waals surface area contributed by atoms with Gasteiger partial charge in [0.15, 0.2) is 6.10 Å². The normalized spacial score (nSPS) is 49.3. The van der Waals surface area contributed by atoms with Gasteiger partial charge in [-0.25, -0.2) is 0 Å². The van der Waals surface area contributed by atoms with E-state index in [0.29, 0.717) is 23.3 Å². The number of esters is 1. The SMILES string of the molecule is CC(=O)O[C@H]1[C@@H]([N+]2(C)CCCCCC2)CC2C3CC[C@H]4C[C@H](O)[C@@H](N5CCOCC5)C[C@]4(C)C3CC[C@@]21C. The van der Waals surface area contributed by atoms with E-state index >= 15 is 0 Å². The van der Waals surface area contributed by atoms with E-state index in [9.17, 15) is 9.90 Å². The molecule has 6 rings (SSSR count). The Bertz CT molecular complexity index is 868. The molecule has 2 aliphatic heterocycles. The van der Waals surface area contributed by atoms with Crippen molar-refractivity contribution >= 4 is 5.97 Å². The van der Waals surface area contributed by atoms with Crippen LogP contribution in [0, 0.1) is 34.5 Å². The number of likely N-dealkylation sites (N-methyl/N-ethyl adjacent to an activating group) is 1.